The molecule has 186 valence electrons. The molecule has 0 amide bonds. The molecule has 5 rings (SSSR count). The van der Waals surface area contributed by atoms with Crippen LogP contribution in [-0.4, -0.2) is 41.7 Å². The number of hydrogen-bond donors (Lipinski definition) is 1. The molecule has 2 atom stereocenters. The molecular formula is C30H38FN3O. The average molecular weight is 476 g/mol. The molecule has 3 heterocycles. The third-order valence-corrected chi connectivity index (χ3v) is 8.00. The van der Waals surface area contributed by atoms with Crippen LogP contribution in [0, 0.1) is 11.7 Å². The number of pyridine rings is 1. The van der Waals surface area contributed by atoms with Crippen LogP contribution in [0.4, 0.5) is 4.39 Å². The van der Waals surface area contributed by atoms with Crippen LogP contribution in [0.25, 0.3) is 10.9 Å². The Labute approximate surface area is 208 Å². The number of likely N-dealkylation sites (tertiary alicyclic amines) is 1. The Hall–Kier alpha value is -2.50. The van der Waals surface area contributed by atoms with Crippen LogP contribution >= 0.6 is 0 Å². The van der Waals surface area contributed by atoms with Crippen molar-refractivity contribution in [1.29, 1.82) is 0 Å². The topological polar surface area (TPSA) is 37.3 Å². The van der Waals surface area contributed by atoms with Gasteiger partial charge in [0.15, 0.2) is 0 Å². The molecule has 0 radical (unpaired) electrons. The number of hydrogen-bond acceptors (Lipinski definition) is 3. The second-order valence-electron chi connectivity index (χ2n) is 11.1. The van der Waals surface area contributed by atoms with E-state index in [1.165, 1.54) is 11.1 Å². The summed E-state index contributed by atoms with van der Waals surface area (Å²) in [4.78, 5) is 14.8. The Morgan fingerprint density at radius 2 is 1.71 bits per heavy atom. The Morgan fingerprint density at radius 1 is 1.00 bits per heavy atom. The fourth-order valence-corrected chi connectivity index (χ4v) is 5.94. The molecule has 1 saturated heterocycles. The zero-order valence-electron chi connectivity index (χ0n) is 21.3. The van der Waals surface area contributed by atoms with Crippen molar-refractivity contribution in [2.45, 2.75) is 64.5 Å². The molecule has 2 aliphatic rings. The number of piperidine rings is 1. The molecule has 1 fully saturated rings. The predicted octanol–water partition coefficient (Wildman–Crippen LogP) is 5.29. The third-order valence-electron chi connectivity index (χ3n) is 8.00. The SMILES string of the molecule is CC(CNC1CCN(C[C@@H]2Cn3c(=O)ccc4ccc(F)c2c43)CC1)Cc1ccc(C(C)C)cc1. The van der Waals surface area contributed by atoms with Crippen LogP contribution in [0.3, 0.4) is 0 Å². The lowest BCUT2D eigenvalue weighted by Gasteiger charge is -2.34. The highest BCUT2D eigenvalue weighted by atomic mass is 19.1. The summed E-state index contributed by atoms with van der Waals surface area (Å²) in [6, 6.07) is 16.4. The number of rotatable bonds is 8. The maximum atomic E-state index is 14.8. The van der Waals surface area contributed by atoms with Crippen LogP contribution < -0.4 is 10.9 Å². The lowest BCUT2D eigenvalue weighted by atomic mass is 9.95. The predicted molar refractivity (Wildman–Crippen MR) is 142 cm³/mol. The molecule has 0 saturated carbocycles. The van der Waals surface area contributed by atoms with Gasteiger partial charge in [0.25, 0.3) is 5.56 Å². The Kier molecular flexibility index (Phi) is 7.08. The van der Waals surface area contributed by atoms with Crippen LogP contribution in [0.15, 0.2) is 53.3 Å². The average Bonchev–Trinajstić information content (AvgIpc) is 3.24. The van der Waals surface area contributed by atoms with Gasteiger partial charge in [-0.2, -0.15) is 0 Å². The maximum Gasteiger partial charge on any atom is 0.251 e. The maximum absolute atomic E-state index is 14.8. The van der Waals surface area contributed by atoms with Crippen molar-refractivity contribution in [3.63, 3.8) is 0 Å². The van der Waals surface area contributed by atoms with Crippen LogP contribution in [0.5, 0.6) is 0 Å². The highest BCUT2D eigenvalue weighted by Crippen LogP contribution is 2.35. The summed E-state index contributed by atoms with van der Waals surface area (Å²) < 4.78 is 16.6. The molecule has 1 aromatic heterocycles. The minimum atomic E-state index is -0.177. The zero-order chi connectivity index (χ0) is 24.5. The summed E-state index contributed by atoms with van der Waals surface area (Å²) in [6.07, 6.45) is 3.33. The van der Waals surface area contributed by atoms with Gasteiger partial charge in [0, 0.05) is 36.7 Å². The van der Waals surface area contributed by atoms with Crippen LogP contribution in [-0.2, 0) is 13.0 Å². The van der Waals surface area contributed by atoms with E-state index in [1.54, 1.807) is 22.8 Å². The van der Waals surface area contributed by atoms with Crippen LogP contribution in [0.2, 0.25) is 0 Å². The van der Waals surface area contributed by atoms with E-state index in [4.69, 9.17) is 0 Å². The molecule has 4 nitrogen and oxygen atoms in total. The van der Waals surface area contributed by atoms with Crippen molar-refractivity contribution in [2.75, 3.05) is 26.2 Å². The van der Waals surface area contributed by atoms with E-state index in [0.29, 0.717) is 24.4 Å². The minimum absolute atomic E-state index is 0.0280. The molecule has 35 heavy (non-hydrogen) atoms. The highest BCUT2D eigenvalue weighted by Gasteiger charge is 2.31. The summed E-state index contributed by atoms with van der Waals surface area (Å²) in [6.45, 7) is 11.3. The first-order chi connectivity index (χ1) is 16.9. The lowest BCUT2D eigenvalue weighted by Crippen LogP contribution is -2.45. The van der Waals surface area contributed by atoms with Gasteiger partial charge in [-0.05, 0) is 85.4 Å². The van der Waals surface area contributed by atoms with Gasteiger partial charge >= 0.3 is 0 Å². The second-order valence-corrected chi connectivity index (χ2v) is 11.1. The van der Waals surface area contributed by atoms with E-state index in [-0.39, 0.29) is 17.3 Å². The molecule has 5 heteroatoms. The quantitative estimate of drug-likeness (QED) is 0.481. The van der Waals surface area contributed by atoms with Crippen molar-refractivity contribution >= 4 is 10.9 Å². The van der Waals surface area contributed by atoms with Crippen molar-refractivity contribution < 1.29 is 4.39 Å². The van der Waals surface area contributed by atoms with Gasteiger partial charge in [-0.25, -0.2) is 4.39 Å². The van der Waals surface area contributed by atoms with Gasteiger partial charge < -0.3 is 14.8 Å². The first-order valence-electron chi connectivity index (χ1n) is 13.3. The van der Waals surface area contributed by atoms with Gasteiger partial charge in [0.1, 0.15) is 5.82 Å². The number of halogens is 1. The van der Waals surface area contributed by atoms with E-state index in [9.17, 15) is 9.18 Å². The van der Waals surface area contributed by atoms with Gasteiger partial charge in [0.2, 0.25) is 0 Å². The normalized spacial score (nSPS) is 19.6. The smallest absolute Gasteiger partial charge is 0.251 e. The number of nitrogens with zero attached hydrogens (tertiary/aromatic N) is 2. The molecule has 0 bridgehead atoms. The summed E-state index contributed by atoms with van der Waals surface area (Å²) in [5.74, 6) is 1.04. The number of benzene rings is 2. The van der Waals surface area contributed by atoms with E-state index in [0.717, 1.165) is 61.9 Å². The van der Waals surface area contributed by atoms with E-state index < -0.39 is 0 Å². The van der Waals surface area contributed by atoms with Crippen molar-refractivity contribution in [3.8, 4) is 0 Å². The minimum Gasteiger partial charge on any atom is -0.314 e. The van der Waals surface area contributed by atoms with Crippen molar-refractivity contribution in [3.05, 3.63) is 81.4 Å². The molecule has 2 aromatic carbocycles. The summed E-state index contributed by atoms with van der Waals surface area (Å²) >= 11 is 0. The first kappa shape index (κ1) is 24.2. The monoisotopic (exact) mass is 475 g/mol. The fraction of sp³-hybridized carbons (Fsp3) is 0.500. The fourth-order valence-electron chi connectivity index (χ4n) is 5.94. The molecule has 1 N–H and O–H groups in total. The van der Waals surface area contributed by atoms with E-state index in [2.05, 4.69) is 55.3 Å². The molecule has 2 aliphatic heterocycles. The van der Waals surface area contributed by atoms with E-state index in [1.807, 2.05) is 6.07 Å². The van der Waals surface area contributed by atoms with Crippen molar-refractivity contribution in [1.82, 2.24) is 14.8 Å². The largest absolute Gasteiger partial charge is 0.314 e. The lowest BCUT2D eigenvalue weighted by molar-refractivity contribution is 0.182. The van der Waals surface area contributed by atoms with Crippen LogP contribution in [0.1, 0.15) is 62.1 Å². The third kappa shape index (κ3) is 5.22. The first-order valence-corrected chi connectivity index (χ1v) is 13.3. The second kappa shape index (κ2) is 10.2. The van der Waals surface area contributed by atoms with Gasteiger partial charge in [0.05, 0.1) is 5.52 Å². The van der Waals surface area contributed by atoms with Gasteiger partial charge in [-0.3, -0.25) is 4.79 Å². The number of nitrogens with one attached hydrogen (secondary N) is 1. The van der Waals surface area contributed by atoms with Gasteiger partial charge in [-0.15, -0.1) is 0 Å². The van der Waals surface area contributed by atoms with E-state index >= 15 is 0 Å². The molecule has 1 unspecified atom stereocenters. The molecule has 3 aromatic rings. The Bertz CT molecular complexity index is 1220. The highest BCUT2D eigenvalue weighted by molar-refractivity contribution is 5.84. The Morgan fingerprint density at radius 3 is 2.43 bits per heavy atom. The summed E-state index contributed by atoms with van der Waals surface area (Å²) in [5.41, 5.74) is 4.32. The standard InChI is InChI=1S/C30H38FN3O/c1-20(2)23-6-4-22(5-7-23)16-21(3)17-32-26-12-14-33(15-13-26)18-25-19-34-28(35)11-9-24-8-10-27(31)29(25)30(24)34/h4-11,20-21,25-26,32H,12-19H2,1-3H3/t21?,25-/m1/s1. The summed E-state index contributed by atoms with van der Waals surface area (Å²) in [5, 5.41) is 4.76. The Balaban J connectivity index is 1.11. The number of aromatic nitrogens is 1. The molecular weight excluding hydrogens is 437 g/mol. The molecule has 0 spiro atoms. The van der Waals surface area contributed by atoms with Gasteiger partial charge in [-0.1, -0.05) is 45.0 Å². The van der Waals surface area contributed by atoms with Crippen molar-refractivity contribution in [2.24, 2.45) is 5.92 Å². The molecule has 0 aliphatic carbocycles. The zero-order valence-corrected chi connectivity index (χ0v) is 21.3. The summed E-state index contributed by atoms with van der Waals surface area (Å²) in [7, 11) is 0.